The van der Waals surface area contributed by atoms with E-state index in [0.717, 1.165) is 42.0 Å². The molecule has 2 fully saturated rings. The van der Waals surface area contributed by atoms with Crippen molar-refractivity contribution in [3.05, 3.63) is 17.5 Å². The summed E-state index contributed by atoms with van der Waals surface area (Å²) >= 11 is 1.45. The van der Waals surface area contributed by atoms with Crippen molar-refractivity contribution in [3.63, 3.8) is 0 Å². The van der Waals surface area contributed by atoms with E-state index in [1.54, 1.807) is 7.11 Å². The van der Waals surface area contributed by atoms with Gasteiger partial charge in [0.15, 0.2) is 5.82 Å². The van der Waals surface area contributed by atoms with Gasteiger partial charge in [-0.2, -0.15) is 9.47 Å². The number of aromatic amines is 1. The van der Waals surface area contributed by atoms with Crippen molar-refractivity contribution >= 4 is 16.7 Å². The van der Waals surface area contributed by atoms with Crippen LogP contribution in [0.15, 0.2) is 0 Å². The van der Waals surface area contributed by atoms with Crippen LogP contribution in [0, 0.1) is 0 Å². The van der Waals surface area contributed by atoms with Gasteiger partial charge in [0.05, 0.1) is 12.1 Å². The van der Waals surface area contributed by atoms with E-state index in [-0.39, 0.29) is 12.1 Å². The van der Waals surface area contributed by atoms with Gasteiger partial charge in [-0.1, -0.05) is 6.92 Å². The van der Waals surface area contributed by atoms with E-state index in [9.17, 15) is 0 Å². The first kappa shape index (κ1) is 14.1. The van der Waals surface area contributed by atoms with Crippen molar-refractivity contribution in [3.8, 4) is 0 Å². The van der Waals surface area contributed by atoms with Crippen LogP contribution in [0.2, 0.25) is 0 Å². The predicted molar refractivity (Wildman–Crippen MR) is 83.1 cm³/mol. The SMILES string of the molecule is CCc1nsc(N2C[C@H](OC)C[C@H]2c2nc(C3CC3)n[nH]2)n1. The summed E-state index contributed by atoms with van der Waals surface area (Å²) in [6.07, 6.45) is 4.37. The summed E-state index contributed by atoms with van der Waals surface area (Å²) in [5.41, 5.74) is 0. The number of rotatable bonds is 5. The van der Waals surface area contributed by atoms with Gasteiger partial charge >= 0.3 is 0 Å². The van der Waals surface area contributed by atoms with E-state index in [1.165, 1.54) is 24.4 Å². The molecule has 1 aliphatic heterocycles. The number of methoxy groups -OCH3 is 1. The molecule has 118 valence electrons. The Kier molecular flexibility index (Phi) is 3.57. The fourth-order valence-corrected chi connectivity index (χ4v) is 3.71. The monoisotopic (exact) mass is 320 g/mol. The van der Waals surface area contributed by atoms with Crippen molar-refractivity contribution in [2.45, 2.75) is 50.7 Å². The van der Waals surface area contributed by atoms with Gasteiger partial charge < -0.3 is 9.64 Å². The fourth-order valence-electron chi connectivity index (χ4n) is 2.90. The number of aryl methyl sites for hydroxylation is 1. The Morgan fingerprint density at radius 2 is 2.23 bits per heavy atom. The molecule has 1 aliphatic carbocycles. The third-order valence-electron chi connectivity index (χ3n) is 4.39. The van der Waals surface area contributed by atoms with E-state index in [2.05, 4.69) is 31.4 Å². The quantitative estimate of drug-likeness (QED) is 0.908. The molecule has 1 saturated heterocycles. The first-order chi connectivity index (χ1) is 10.8. The van der Waals surface area contributed by atoms with Gasteiger partial charge in [0.2, 0.25) is 5.13 Å². The number of nitrogens with zero attached hydrogens (tertiary/aromatic N) is 5. The average molecular weight is 320 g/mol. The molecule has 2 atom stereocenters. The van der Waals surface area contributed by atoms with Gasteiger partial charge in [0.1, 0.15) is 11.6 Å². The normalized spacial score (nSPS) is 25.1. The Bertz CT molecular complexity index is 651. The van der Waals surface area contributed by atoms with Crippen molar-refractivity contribution in [1.29, 1.82) is 0 Å². The number of H-pyrrole nitrogens is 1. The lowest BCUT2D eigenvalue weighted by atomic mass is 10.2. The number of hydrogen-bond acceptors (Lipinski definition) is 7. The Balaban J connectivity index is 1.61. The topological polar surface area (TPSA) is 79.8 Å². The molecule has 0 bridgehead atoms. The van der Waals surface area contributed by atoms with Crippen LogP contribution in [0.25, 0.3) is 0 Å². The van der Waals surface area contributed by atoms with Crippen LogP contribution in [0.1, 0.15) is 55.6 Å². The second kappa shape index (κ2) is 5.58. The molecular weight excluding hydrogens is 300 g/mol. The third kappa shape index (κ3) is 2.50. The van der Waals surface area contributed by atoms with Gasteiger partial charge in [0, 0.05) is 43.9 Å². The molecule has 0 amide bonds. The average Bonchev–Trinajstić information content (AvgIpc) is 2.99. The minimum atomic E-state index is 0.141. The maximum atomic E-state index is 5.57. The van der Waals surface area contributed by atoms with E-state index < -0.39 is 0 Å². The van der Waals surface area contributed by atoms with Crippen LogP contribution in [0.3, 0.4) is 0 Å². The maximum Gasteiger partial charge on any atom is 0.205 e. The van der Waals surface area contributed by atoms with Crippen molar-refractivity contribution in [1.82, 2.24) is 24.5 Å². The summed E-state index contributed by atoms with van der Waals surface area (Å²) in [6.45, 7) is 2.89. The number of anilines is 1. The minimum absolute atomic E-state index is 0.141. The molecule has 0 radical (unpaired) electrons. The Morgan fingerprint density at radius 1 is 1.36 bits per heavy atom. The molecule has 0 unspecified atom stereocenters. The van der Waals surface area contributed by atoms with Crippen LogP contribution >= 0.6 is 11.5 Å². The highest BCUT2D eigenvalue weighted by Crippen LogP contribution is 2.40. The van der Waals surface area contributed by atoms with Gasteiger partial charge in [-0.15, -0.1) is 0 Å². The van der Waals surface area contributed by atoms with Gasteiger partial charge in [-0.05, 0) is 12.8 Å². The van der Waals surface area contributed by atoms with Gasteiger partial charge in [0.25, 0.3) is 0 Å². The number of nitrogens with one attached hydrogen (secondary N) is 1. The van der Waals surface area contributed by atoms with E-state index in [0.29, 0.717) is 5.92 Å². The largest absolute Gasteiger partial charge is 0.380 e. The predicted octanol–water partition coefficient (Wildman–Crippen LogP) is 2.06. The van der Waals surface area contributed by atoms with E-state index in [1.807, 2.05) is 0 Å². The molecule has 7 nitrogen and oxygen atoms in total. The summed E-state index contributed by atoms with van der Waals surface area (Å²) in [5.74, 6) is 3.35. The Labute approximate surface area is 133 Å². The van der Waals surface area contributed by atoms with E-state index >= 15 is 0 Å². The molecule has 4 rings (SSSR count). The molecular formula is C14H20N6OS. The van der Waals surface area contributed by atoms with Gasteiger partial charge in [-0.25, -0.2) is 9.97 Å². The molecule has 1 saturated carbocycles. The summed E-state index contributed by atoms with van der Waals surface area (Å²) < 4.78 is 9.97. The second-order valence-electron chi connectivity index (χ2n) is 5.96. The molecule has 0 aromatic carbocycles. The molecule has 0 spiro atoms. The molecule has 22 heavy (non-hydrogen) atoms. The first-order valence-corrected chi connectivity index (χ1v) is 8.60. The standard InChI is InChI=1S/C14H20N6OS/c1-3-11-15-14(22-19-11)20-7-9(21-2)6-10(20)13-16-12(17-18-13)8-4-5-8/h8-10H,3-7H2,1-2H3,(H,16,17,18)/t9-,10+/m1/s1. The smallest absolute Gasteiger partial charge is 0.205 e. The molecule has 2 aromatic heterocycles. The lowest BCUT2D eigenvalue weighted by Gasteiger charge is -2.20. The highest BCUT2D eigenvalue weighted by Gasteiger charge is 2.38. The van der Waals surface area contributed by atoms with Gasteiger partial charge in [-0.3, -0.25) is 5.10 Å². The van der Waals surface area contributed by atoms with Crippen LogP contribution in [0.5, 0.6) is 0 Å². The Hall–Kier alpha value is -1.54. The number of ether oxygens (including phenoxy) is 1. The molecule has 2 aliphatic rings. The summed E-state index contributed by atoms with van der Waals surface area (Å²) in [5, 5.41) is 8.47. The fraction of sp³-hybridized carbons (Fsp3) is 0.714. The highest BCUT2D eigenvalue weighted by atomic mass is 32.1. The summed E-state index contributed by atoms with van der Waals surface area (Å²) in [4.78, 5) is 11.6. The molecule has 1 N–H and O–H groups in total. The van der Waals surface area contributed by atoms with Crippen LogP contribution in [-0.2, 0) is 11.2 Å². The van der Waals surface area contributed by atoms with Crippen LogP contribution < -0.4 is 4.90 Å². The molecule has 3 heterocycles. The molecule has 2 aromatic rings. The first-order valence-electron chi connectivity index (χ1n) is 7.82. The van der Waals surface area contributed by atoms with Crippen molar-refractivity contribution in [2.24, 2.45) is 0 Å². The molecule has 8 heteroatoms. The van der Waals surface area contributed by atoms with Crippen molar-refractivity contribution in [2.75, 3.05) is 18.6 Å². The third-order valence-corrected chi connectivity index (χ3v) is 5.18. The van der Waals surface area contributed by atoms with Crippen LogP contribution in [-0.4, -0.2) is 44.3 Å². The number of aromatic nitrogens is 5. The second-order valence-corrected chi connectivity index (χ2v) is 6.69. The van der Waals surface area contributed by atoms with Crippen molar-refractivity contribution < 1.29 is 4.74 Å². The van der Waals surface area contributed by atoms with E-state index in [4.69, 9.17) is 9.72 Å². The maximum absolute atomic E-state index is 5.57. The Morgan fingerprint density at radius 3 is 2.91 bits per heavy atom. The summed E-state index contributed by atoms with van der Waals surface area (Å²) in [7, 11) is 1.76. The number of hydrogen-bond donors (Lipinski definition) is 1. The lowest BCUT2D eigenvalue weighted by molar-refractivity contribution is 0.118. The zero-order chi connectivity index (χ0) is 15.1. The minimum Gasteiger partial charge on any atom is -0.380 e. The lowest BCUT2D eigenvalue weighted by Crippen LogP contribution is -2.25. The highest BCUT2D eigenvalue weighted by molar-refractivity contribution is 7.09. The zero-order valence-corrected chi connectivity index (χ0v) is 13.6. The van der Waals surface area contributed by atoms with Crippen LogP contribution in [0.4, 0.5) is 5.13 Å². The summed E-state index contributed by atoms with van der Waals surface area (Å²) in [6, 6.07) is 0.141. The zero-order valence-electron chi connectivity index (χ0n) is 12.8.